The van der Waals surface area contributed by atoms with Crippen molar-refractivity contribution in [2.24, 2.45) is 0 Å². The molecule has 0 aliphatic heterocycles. The number of carboxylic acids is 2. The molecule has 11 heavy (non-hydrogen) atoms. The first-order chi connectivity index (χ1) is 4.46. The summed E-state index contributed by atoms with van der Waals surface area (Å²) in [7, 11) is 0. The maximum atomic E-state index is 9.77. The van der Waals surface area contributed by atoms with E-state index in [0.29, 0.717) is 0 Å². The van der Waals surface area contributed by atoms with Crippen molar-refractivity contribution in [3.63, 3.8) is 0 Å². The fourth-order valence-corrected chi connectivity index (χ4v) is 0.270. The van der Waals surface area contributed by atoms with Gasteiger partial charge in [0.1, 0.15) is 0 Å². The number of carbonyl (C=O) groups is 2. The van der Waals surface area contributed by atoms with Crippen LogP contribution in [0.15, 0.2) is 0 Å². The molecule has 0 aromatic carbocycles. The van der Waals surface area contributed by atoms with Crippen LogP contribution < -0.4 is 0 Å². The van der Waals surface area contributed by atoms with Crippen LogP contribution >= 0.6 is 0 Å². The summed E-state index contributed by atoms with van der Waals surface area (Å²) in [5, 5.41) is 32.5. The zero-order valence-electron chi connectivity index (χ0n) is 5.17. The number of hydrogen-bond acceptors (Lipinski definition) is 4. The van der Waals surface area contributed by atoms with Gasteiger partial charge >= 0.3 is 11.9 Å². The van der Waals surface area contributed by atoms with Crippen molar-refractivity contribution in [1.29, 1.82) is 0 Å². The van der Waals surface area contributed by atoms with Crippen LogP contribution in [0.2, 0.25) is 0 Å². The first kappa shape index (κ1) is 13.0. The molecule has 2 unspecified atom stereocenters. The van der Waals surface area contributed by atoms with Crippen LogP contribution in [0.5, 0.6) is 0 Å². The second kappa shape index (κ2) is 5.10. The molecule has 0 radical (unpaired) electrons. The molecule has 0 fully saturated rings. The zero-order chi connectivity index (χ0) is 8.31. The first-order valence-electron chi connectivity index (χ1n) is 2.28. The fraction of sp³-hybridized carbons (Fsp3) is 0.500. The molecular weight excluding hydrogens is 196 g/mol. The molecule has 0 saturated heterocycles. The third-order valence-electron chi connectivity index (χ3n) is 0.805. The van der Waals surface area contributed by atoms with Crippen molar-refractivity contribution in [2.45, 2.75) is 12.2 Å². The van der Waals surface area contributed by atoms with Gasteiger partial charge in [-0.15, -0.1) is 0 Å². The van der Waals surface area contributed by atoms with E-state index in [1.807, 2.05) is 0 Å². The minimum Gasteiger partial charge on any atom is -0.479 e. The smallest absolute Gasteiger partial charge is 0.335 e. The Morgan fingerprint density at radius 3 is 1.18 bits per heavy atom. The van der Waals surface area contributed by atoms with Crippen LogP contribution in [-0.4, -0.2) is 44.6 Å². The standard InChI is InChI=1S/C4H6O6.Cr/c5-1(3(7)8)2(6)4(9)10;/h1-2,5-6H,(H,7,8)(H,9,10);. The van der Waals surface area contributed by atoms with Crippen molar-refractivity contribution >= 4 is 11.9 Å². The summed E-state index contributed by atoms with van der Waals surface area (Å²) in [6, 6.07) is 0. The topological polar surface area (TPSA) is 115 Å². The monoisotopic (exact) mass is 202 g/mol. The Bertz CT molecular complexity index is 139. The predicted octanol–water partition coefficient (Wildman–Crippen LogP) is -2.13. The van der Waals surface area contributed by atoms with E-state index in [2.05, 4.69) is 0 Å². The maximum Gasteiger partial charge on any atom is 0.335 e. The molecule has 0 amide bonds. The van der Waals surface area contributed by atoms with Gasteiger partial charge in [0.25, 0.3) is 0 Å². The molecule has 7 heteroatoms. The van der Waals surface area contributed by atoms with Gasteiger partial charge in [-0.3, -0.25) is 0 Å². The van der Waals surface area contributed by atoms with Gasteiger partial charge in [0.15, 0.2) is 12.2 Å². The van der Waals surface area contributed by atoms with Gasteiger partial charge in [0.2, 0.25) is 0 Å². The van der Waals surface area contributed by atoms with Crippen LogP contribution in [0.4, 0.5) is 0 Å². The maximum absolute atomic E-state index is 9.77. The van der Waals surface area contributed by atoms with E-state index < -0.39 is 24.1 Å². The van der Waals surface area contributed by atoms with Gasteiger partial charge in [-0.05, 0) is 0 Å². The summed E-state index contributed by atoms with van der Waals surface area (Å²) in [5.74, 6) is -3.54. The number of aliphatic hydroxyl groups excluding tert-OH is 2. The molecule has 0 bridgehead atoms. The van der Waals surface area contributed by atoms with Crippen LogP contribution in [0.1, 0.15) is 0 Å². The van der Waals surface area contributed by atoms with Crippen molar-refractivity contribution in [3.8, 4) is 0 Å². The summed E-state index contributed by atoms with van der Waals surface area (Å²) in [4.78, 5) is 19.5. The van der Waals surface area contributed by atoms with E-state index in [1.165, 1.54) is 0 Å². The molecule has 64 valence electrons. The van der Waals surface area contributed by atoms with Gasteiger partial charge in [-0.2, -0.15) is 0 Å². The van der Waals surface area contributed by atoms with Gasteiger partial charge < -0.3 is 20.4 Å². The molecule has 0 rings (SSSR count). The van der Waals surface area contributed by atoms with E-state index in [1.54, 1.807) is 0 Å². The Morgan fingerprint density at radius 1 is 0.909 bits per heavy atom. The first-order valence-corrected chi connectivity index (χ1v) is 2.28. The van der Waals surface area contributed by atoms with Crippen molar-refractivity contribution < 1.29 is 47.4 Å². The minimum absolute atomic E-state index is 0. The van der Waals surface area contributed by atoms with E-state index >= 15 is 0 Å². The predicted molar refractivity (Wildman–Crippen MR) is 27.3 cm³/mol. The third kappa shape index (κ3) is 3.95. The third-order valence-corrected chi connectivity index (χ3v) is 0.805. The number of rotatable bonds is 3. The van der Waals surface area contributed by atoms with Crippen molar-refractivity contribution in [3.05, 3.63) is 0 Å². The van der Waals surface area contributed by atoms with Gasteiger partial charge in [0.05, 0.1) is 0 Å². The molecule has 0 aromatic rings. The second-order valence-corrected chi connectivity index (χ2v) is 1.57. The van der Waals surface area contributed by atoms with Gasteiger partial charge in [-0.25, -0.2) is 9.59 Å². The molecule has 0 spiro atoms. The Labute approximate surface area is 72.2 Å². The van der Waals surface area contributed by atoms with Gasteiger partial charge in [-0.1, -0.05) is 0 Å². The minimum atomic E-state index is -2.27. The van der Waals surface area contributed by atoms with E-state index in [-0.39, 0.29) is 17.4 Å². The normalized spacial score (nSPS) is 14.4. The fourth-order valence-electron chi connectivity index (χ4n) is 0.270. The summed E-state index contributed by atoms with van der Waals surface area (Å²) in [5.41, 5.74) is 0. The SMILES string of the molecule is O=C(O)C(O)C(O)C(=O)O.[Cr]. The molecule has 0 aliphatic rings. The van der Waals surface area contributed by atoms with E-state index in [9.17, 15) is 9.59 Å². The van der Waals surface area contributed by atoms with Crippen LogP contribution in [-0.2, 0) is 27.0 Å². The summed E-state index contributed by atoms with van der Waals surface area (Å²) >= 11 is 0. The molecule has 0 aliphatic carbocycles. The Kier molecular flexibility index (Phi) is 6.03. The van der Waals surface area contributed by atoms with Crippen LogP contribution in [0.3, 0.4) is 0 Å². The molecule has 0 aromatic heterocycles. The van der Waals surface area contributed by atoms with E-state index in [4.69, 9.17) is 20.4 Å². The molecule has 0 heterocycles. The average molecular weight is 202 g/mol. The van der Waals surface area contributed by atoms with E-state index in [0.717, 1.165) is 0 Å². The Hall–Kier alpha value is -0.608. The zero-order valence-corrected chi connectivity index (χ0v) is 6.44. The van der Waals surface area contributed by atoms with Crippen molar-refractivity contribution in [1.82, 2.24) is 0 Å². The van der Waals surface area contributed by atoms with Crippen LogP contribution in [0, 0.1) is 0 Å². The summed E-state index contributed by atoms with van der Waals surface area (Å²) in [6.45, 7) is 0. The molecule has 0 saturated carbocycles. The molecule has 2 atom stereocenters. The molecule has 6 nitrogen and oxygen atoms in total. The number of aliphatic hydroxyl groups is 2. The average Bonchev–Trinajstić information content (AvgIpc) is 1.84. The largest absolute Gasteiger partial charge is 0.479 e. The quantitative estimate of drug-likeness (QED) is 0.415. The van der Waals surface area contributed by atoms with Crippen LogP contribution in [0.25, 0.3) is 0 Å². The summed E-state index contributed by atoms with van der Waals surface area (Å²) in [6.07, 6.45) is -4.53. The number of hydrogen-bond donors (Lipinski definition) is 4. The molecular formula is C4H6CrO6. The number of aliphatic carboxylic acids is 2. The van der Waals surface area contributed by atoms with Gasteiger partial charge in [0, 0.05) is 17.4 Å². The second-order valence-electron chi connectivity index (χ2n) is 1.57. The number of carboxylic acid groups (broad SMARTS) is 2. The van der Waals surface area contributed by atoms with Crippen molar-refractivity contribution in [2.75, 3.05) is 0 Å². The summed E-state index contributed by atoms with van der Waals surface area (Å²) < 4.78 is 0. The Morgan fingerprint density at radius 2 is 1.09 bits per heavy atom. The molecule has 4 N–H and O–H groups in total. The Balaban J connectivity index is 0.